The van der Waals surface area contributed by atoms with Gasteiger partial charge in [-0.25, -0.2) is 17.2 Å². The van der Waals surface area contributed by atoms with Crippen molar-refractivity contribution in [2.75, 3.05) is 25.4 Å². The molecule has 0 bridgehead atoms. The molecule has 0 spiro atoms. The number of hydrogen-bond acceptors (Lipinski definition) is 7. The van der Waals surface area contributed by atoms with E-state index >= 15 is 0 Å². The summed E-state index contributed by atoms with van der Waals surface area (Å²) in [6.07, 6.45) is -5.34. The number of ether oxygens (including phenoxy) is 1. The monoisotopic (exact) mass is 620 g/mol. The number of thioether (sulfide) groups is 1. The third-order valence-corrected chi connectivity index (χ3v) is 9.32. The number of aliphatic imine (C=N–C) groups is 1. The van der Waals surface area contributed by atoms with E-state index in [1.807, 2.05) is 0 Å². The summed E-state index contributed by atoms with van der Waals surface area (Å²) >= 11 is 1.16. The molecule has 41 heavy (non-hydrogen) atoms. The minimum Gasteiger partial charge on any atom is -0.406 e. The Hall–Kier alpha value is -3.24. The van der Waals surface area contributed by atoms with Crippen LogP contribution in [-0.4, -0.2) is 72.4 Å². The summed E-state index contributed by atoms with van der Waals surface area (Å²) in [6, 6.07) is 7.66. The maximum Gasteiger partial charge on any atom is 0.573 e. The average molecular weight is 621 g/mol. The molecule has 0 aromatic heterocycles. The molecule has 2 heterocycles. The number of nitrogens with zero attached hydrogens (tertiary/aromatic N) is 3. The zero-order valence-corrected chi connectivity index (χ0v) is 23.2. The van der Waals surface area contributed by atoms with Gasteiger partial charge >= 0.3 is 6.36 Å². The number of alkyl halides is 5. The molecule has 0 unspecified atom stereocenters. The first-order chi connectivity index (χ1) is 19.2. The standard InChI is InChI=1S/C25H25F5N4O5S2/c1-2-24(26,27)17-5-3-16(4-6-17)13-31-22(36)20-14-33(23-32-21(35)15-40-23)11-12-34(20)41(37,38)19-9-7-18(8-10-19)39-25(28,29)30/h3-10,20H,2,11-15H2,1H3,(H,31,36)/t20-/m1/s1. The summed E-state index contributed by atoms with van der Waals surface area (Å²) in [5.74, 6) is -4.56. The zero-order chi connectivity index (χ0) is 30.0. The Labute approximate surface area is 236 Å². The van der Waals surface area contributed by atoms with Crippen molar-refractivity contribution in [3.63, 3.8) is 0 Å². The molecule has 1 fully saturated rings. The van der Waals surface area contributed by atoms with Crippen molar-refractivity contribution in [2.45, 2.75) is 43.1 Å². The number of benzene rings is 2. The van der Waals surface area contributed by atoms with E-state index in [9.17, 15) is 40.0 Å². The van der Waals surface area contributed by atoms with Crippen LogP contribution in [0, 0.1) is 0 Å². The molecular weight excluding hydrogens is 595 g/mol. The minimum atomic E-state index is -4.96. The van der Waals surface area contributed by atoms with Crippen LogP contribution in [0.15, 0.2) is 58.4 Å². The summed E-state index contributed by atoms with van der Waals surface area (Å²) in [4.78, 5) is 30.2. The second kappa shape index (κ2) is 11.9. The highest BCUT2D eigenvalue weighted by molar-refractivity contribution is 8.14. The lowest BCUT2D eigenvalue weighted by atomic mass is 10.0. The van der Waals surface area contributed by atoms with E-state index in [4.69, 9.17) is 0 Å². The number of carbonyl (C=O) groups excluding carboxylic acids is 2. The first-order valence-corrected chi connectivity index (χ1v) is 14.7. The maximum atomic E-state index is 13.9. The number of rotatable bonds is 8. The second-order valence-corrected chi connectivity index (χ2v) is 12.0. The van der Waals surface area contributed by atoms with Crippen molar-refractivity contribution in [1.29, 1.82) is 0 Å². The lowest BCUT2D eigenvalue weighted by Crippen LogP contribution is -2.61. The van der Waals surface area contributed by atoms with Gasteiger partial charge in [-0.1, -0.05) is 43.0 Å². The van der Waals surface area contributed by atoms with Gasteiger partial charge in [0.1, 0.15) is 11.8 Å². The second-order valence-electron chi connectivity index (χ2n) is 9.15. The van der Waals surface area contributed by atoms with Crippen molar-refractivity contribution in [3.05, 3.63) is 59.7 Å². The predicted molar refractivity (Wildman–Crippen MR) is 140 cm³/mol. The van der Waals surface area contributed by atoms with Gasteiger partial charge in [-0.2, -0.15) is 9.30 Å². The molecule has 4 rings (SSSR count). The zero-order valence-electron chi connectivity index (χ0n) is 21.5. The number of sulfonamides is 1. The predicted octanol–water partition coefficient (Wildman–Crippen LogP) is 3.71. The molecule has 16 heteroatoms. The largest absolute Gasteiger partial charge is 0.573 e. The Bertz CT molecular complexity index is 1420. The maximum absolute atomic E-state index is 13.9. The van der Waals surface area contributed by atoms with E-state index in [0.717, 1.165) is 40.3 Å². The fourth-order valence-corrected chi connectivity index (χ4v) is 6.63. The molecule has 0 saturated carbocycles. The minimum absolute atomic E-state index is 0.0845. The molecule has 1 N–H and O–H groups in total. The van der Waals surface area contributed by atoms with Gasteiger partial charge in [-0.05, 0) is 29.8 Å². The van der Waals surface area contributed by atoms with Crippen LogP contribution in [0.1, 0.15) is 24.5 Å². The van der Waals surface area contributed by atoms with Crippen LogP contribution in [0.25, 0.3) is 0 Å². The first kappa shape index (κ1) is 30.7. The van der Waals surface area contributed by atoms with E-state index in [2.05, 4.69) is 15.0 Å². The fraction of sp³-hybridized carbons (Fsp3) is 0.400. The van der Waals surface area contributed by atoms with E-state index in [1.54, 1.807) is 4.90 Å². The van der Waals surface area contributed by atoms with Gasteiger partial charge in [-0.15, -0.1) is 13.2 Å². The highest BCUT2D eigenvalue weighted by Gasteiger charge is 2.42. The Balaban J connectivity index is 1.54. The number of carbonyl (C=O) groups is 2. The van der Waals surface area contributed by atoms with E-state index in [0.29, 0.717) is 10.7 Å². The van der Waals surface area contributed by atoms with E-state index in [1.165, 1.54) is 31.2 Å². The molecule has 9 nitrogen and oxygen atoms in total. The highest BCUT2D eigenvalue weighted by atomic mass is 32.2. The molecule has 2 aromatic rings. The van der Waals surface area contributed by atoms with Crippen LogP contribution in [0.5, 0.6) is 5.75 Å². The quantitative estimate of drug-likeness (QED) is 0.449. The van der Waals surface area contributed by atoms with Crippen molar-refractivity contribution >= 4 is 38.8 Å². The number of halogens is 5. The van der Waals surface area contributed by atoms with E-state index in [-0.39, 0.29) is 54.7 Å². The van der Waals surface area contributed by atoms with Gasteiger partial charge in [0.05, 0.1) is 10.6 Å². The molecule has 2 aliphatic heterocycles. The molecule has 222 valence electrons. The summed E-state index contributed by atoms with van der Waals surface area (Å²) in [6.45, 7) is 1.04. The average Bonchev–Trinajstić information content (AvgIpc) is 3.37. The first-order valence-electron chi connectivity index (χ1n) is 12.3. The van der Waals surface area contributed by atoms with Gasteiger partial charge in [0, 0.05) is 38.2 Å². The van der Waals surface area contributed by atoms with Gasteiger partial charge in [0.2, 0.25) is 15.9 Å². The van der Waals surface area contributed by atoms with Crippen LogP contribution >= 0.6 is 11.8 Å². The normalized spacial score (nSPS) is 18.8. The van der Waals surface area contributed by atoms with Crippen LogP contribution in [0.3, 0.4) is 0 Å². The summed E-state index contributed by atoms with van der Waals surface area (Å²) in [7, 11) is -4.37. The molecule has 1 saturated heterocycles. The lowest BCUT2D eigenvalue weighted by molar-refractivity contribution is -0.274. The number of hydrogen-bond donors (Lipinski definition) is 1. The highest BCUT2D eigenvalue weighted by Crippen LogP contribution is 2.31. The Morgan fingerprint density at radius 1 is 1.07 bits per heavy atom. The van der Waals surface area contributed by atoms with Crippen LogP contribution in [0.4, 0.5) is 22.0 Å². The van der Waals surface area contributed by atoms with Crippen molar-refractivity contribution < 1.29 is 44.7 Å². The summed E-state index contributed by atoms with van der Waals surface area (Å²) < 4.78 is 97.2. The molecule has 2 amide bonds. The number of amides is 2. The topological polar surface area (TPSA) is 108 Å². The van der Waals surface area contributed by atoms with Crippen LogP contribution in [-0.2, 0) is 32.1 Å². The van der Waals surface area contributed by atoms with Crippen molar-refractivity contribution in [1.82, 2.24) is 14.5 Å². The van der Waals surface area contributed by atoms with Gasteiger partial charge < -0.3 is 15.0 Å². The molecular formula is C25H25F5N4O5S2. The number of nitrogens with one attached hydrogen (secondary N) is 1. The van der Waals surface area contributed by atoms with E-state index < -0.39 is 40.0 Å². The summed E-state index contributed by atoms with van der Waals surface area (Å²) in [5, 5.41) is 2.98. The smallest absolute Gasteiger partial charge is 0.406 e. The van der Waals surface area contributed by atoms with Gasteiger partial charge in [-0.3, -0.25) is 9.59 Å². The molecule has 2 aliphatic rings. The van der Waals surface area contributed by atoms with Gasteiger partial charge in [0.15, 0.2) is 5.17 Å². The Morgan fingerprint density at radius 3 is 2.29 bits per heavy atom. The Morgan fingerprint density at radius 2 is 1.73 bits per heavy atom. The Kier molecular flexibility index (Phi) is 8.94. The van der Waals surface area contributed by atoms with Crippen LogP contribution < -0.4 is 10.1 Å². The van der Waals surface area contributed by atoms with Gasteiger partial charge in [0.25, 0.3) is 11.8 Å². The van der Waals surface area contributed by atoms with Crippen LogP contribution in [0.2, 0.25) is 0 Å². The third kappa shape index (κ3) is 7.35. The SMILES string of the molecule is CCC(F)(F)c1ccc(CNC(=O)[C@H]2CN(C3=NC(=O)CS3)CCN2S(=O)(=O)c2ccc(OC(F)(F)F)cc2)cc1. The number of piperazine rings is 1. The van der Waals surface area contributed by atoms with Crippen molar-refractivity contribution in [2.24, 2.45) is 4.99 Å². The molecule has 0 radical (unpaired) electrons. The third-order valence-electron chi connectivity index (χ3n) is 6.40. The summed E-state index contributed by atoms with van der Waals surface area (Å²) in [5.41, 5.74) is 0.323. The fourth-order valence-electron chi connectivity index (χ4n) is 4.23. The number of amidine groups is 1. The molecule has 0 aliphatic carbocycles. The van der Waals surface area contributed by atoms with Crippen molar-refractivity contribution in [3.8, 4) is 5.75 Å². The molecule has 2 aromatic carbocycles. The molecule has 1 atom stereocenters. The lowest BCUT2D eigenvalue weighted by Gasteiger charge is -2.40.